The molecule has 1 amide bonds. The Bertz CT molecular complexity index is 962. The third-order valence-corrected chi connectivity index (χ3v) is 4.25. The van der Waals surface area contributed by atoms with Crippen molar-refractivity contribution >= 4 is 5.91 Å². The molecule has 0 spiro atoms. The van der Waals surface area contributed by atoms with E-state index in [9.17, 15) is 13.6 Å². The third-order valence-electron chi connectivity index (χ3n) is 4.25. The standard InChI is InChI=1S/C21H18F2N2O2/c1-13(15-4-6-18(22)19(23)11-15)25-21(26)17-5-3-16(12-20(17)27-2)14-7-9-24-10-8-14/h3-13H,1-2H3,(H,25,26)/t13-/m0/s1. The largest absolute Gasteiger partial charge is 0.496 e. The molecular weight excluding hydrogens is 350 g/mol. The number of benzene rings is 2. The maximum Gasteiger partial charge on any atom is 0.255 e. The van der Waals surface area contributed by atoms with Gasteiger partial charge in [-0.1, -0.05) is 12.1 Å². The van der Waals surface area contributed by atoms with Gasteiger partial charge in [-0.05, 0) is 60.0 Å². The molecule has 3 rings (SSSR count). The number of carbonyl (C=O) groups excluding carboxylic acids is 1. The number of nitrogens with one attached hydrogen (secondary N) is 1. The molecule has 4 nitrogen and oxygen atoms in total. The molecule has 1 atom stereocenters. The molecule has 27 heavy (non-hydrogen) atoms. The van der Waals surface area contributed by atoms with E-state index in [1.807, 2.05) is 18.2 Å². The van der Waals surface area contributed by atoms with Gasteiger partial charge in [-0.15, -0.1) is 0 Å². The van der Waals surface area contributed by atoms with E-state index in [0.29, 0.717) is 16.9 Å². The van der Waals surface area contributed by atoms with Gasteiger partial charge in [-0.25, -0.2) is 8.78 Å². The number of halogens is 2. The highest BCUT2D eigenvalue weighted by Crippen LogP contribution is 2.27. The molecule has 6 heteroatoms. The zero-order valence-electron chi connectivity index (χ0n) is 14.9. The van der Waals surface area contributed by atoms with Crippen LogP contribution in [0, 0.1) is 11.6 Å². The average molecular weight is 368 g/mol. The van der Waals surface area contributed by atoms with Crippen LogP contribution in [0.15, 0.2) is 60.9 Å². The van der Waals surface area contributed by atoms with Crippen LogP contribution in [0.3, 0.4) is 0 Å². The van der Waals surface area contributed by atoms with Crippen LogP contribution in [0.25, 0.3) is 11.1 Å². The van der Waals surface area contributed by atoms with Gasteiger partial charge in [0.25, 0.3) is 5.91 Å². The van der Waals surface area contributed by atoms with Gasteiger partial charge in [0, 0.05) is 12.4 Å². The van der Waals surface area contributed by atoms with Gasteiger partial charge in [0.15, 0.2) is 11.6 Å². The normalized spacial score (nSPS) is 11.7. The molecule has 0 saturated carbocycles. The van der Waals surface area contributed by atoms with E-state index in [4.69, 9.17) is 4.74 Å². The summed E-state index contributed by atoms with van der Waals surface area (Å²) in [5.74, 6) is -1.83. The molecule has 0 aliphatic carbocycles. The molecule has 0 aliphatic heterocycles. The summed E-state index contributed by atoms with van der Waals surface area (Å²) in [5, 5.41) is 2.78. The fraction of sp³-hybridized carbons (Fsp3) is 0.143. The SMILES string of the molecule is COc1cc(-c2ccncc2)ccc1C(=O)N[C@@H](C)c1ccc(F)c(F)c1. The van der Waals surface area contributed by atoms with Crippen LogP contribution in [0.4, 0.5) is 8.78 Å². The van der Waals surface area contributed by atoms with Crippen LogP contribution >= 0.6 is 0 Å². The lowest BCUT2D eigenvalue weighted by molar-refractivity contribution is 0.0937. The minimum atomic E-state index is -0.951. The Morgan fingerprint density at radius 2 is 1.74 bits per heavy atom. The van der Waals surface area contributed by atoms with E-state index in [-0.39, 0.29) is 5.91 Å². The van der Waals surface area contributed by atoms with Crippen molar-refractivity contribution in [3.05, 3.63) is 83.7 Å². The average Bonchev–Trinajstić information content (AvgIpc) is 2.70. The van der Waals surface area contributed by atoms with Gasteiger partial charge in [-0.2, -0.15) is 0 Å². The van der Waals surface area contributed by atoms with Crippen molar-refractivity contribution < 1.29 is 18.3 Å². The van der Waals surface area contributed by atoms with Gasteiger partial charge in [-0.3, -0.25) is 9.78 Å². The molecule has 3 aromatic rings. The fourth-order valence-electron chi connectivity index (χ4n) is 2.74. The third kappa shape index (κ3) is 4.11. The summed E-state index contributed by atoms with van der Waals surface area (Å²) in [6.45, 7) is 1.70. The van der Waals surface area contributed by atoms with E-state index in [0.717, 1.165) is 23.3 Å². The van der Waals surface area contributed by atoms with Gasteiger partial charge in [0.05, 0.1) is 18.7 Å². The number of methoxy groups -OCH3 is 1. The second-order valence-corrected chi connectivity index (χ2v) is 6.02. The maximum atomic E-state index is 13.4. The zero-order chi connectivity index (χ0) is 19.4. The van der Waals surface area contributed by atoms with Gasteiger partial charge in [0.2, 0.25) is 0 Å². The Morgan fingerprint density at radius 3 is 2.41 bits per heavy atom. The van der Waals surface area contributed by atoms with E-state index in [1.165, 1.54) is 13.2 Å². The Kier molecular flexibility index (Phi) is 5.45. The predicted octanol–water partition coefficient (Wildman–Crippen LogP) is 4.53. The first-order chi connectivity index (χ1) is 13.0. The Morgan fingerprint density at radius 1 is 1.00 bits per heavy atom. The summed E-state index contributed by atoms with van der Waals surface area (Å²) in [4.78, 5) is 16.6. The fourth-order valence-corrected chi connectivity index (χ4v) is 2.74. The lowest BCUT2D eigenvalue weighted by atomic mass is 10.0. The monoisotopic (exact) mass is 368 g/mol. The molecule has 0 saturated heterocycles. The molecule has 2 aromatic carbocycles. The highest BCUT2D eigenvalue weighted by atomic mass is 19.2. The number of hydrogen-bond donors (Lipinski definition) is 1. The lowest BCUT2D eigenvalue weighted by Gasteiger charge is -2.16. The quantitative estimate of drug-likeness (QED) is 0.720. The van der Waals surface area contributed by atoms with Crippen LogP contribution < -0.4 is 10.1 Å². The summed E-state index contributed by atoms with van der Waals surface area (Å²) in [7, 11) is 1.49. The number of hydrogen-bond acceptors (Lipinski definition) is 3. The van der Waals surface area contributed by atoms with Crippen LogP contribution in [0.5, 0.6) is 5.75 Å². The van der Waals surface area contributed by atoms with Crippen molar-refractivity contribution in [2.24, 2.45) is 0 Å². The van der Waals surface area contributed by atoms with Crippen molar-refractivity contribution in [1.29, 1.82) is 0 Å². The number of nitrogens with zero attached hydrogens (tertiary/aromatic N) is 1. The predicted molar refractivity (Wildman–Crippen MR) is 98.5 cm³/mol. The Balaban J connectivity index is 1.82. The molecule has 138 valence electrons. The van der Waals surface area contributed by atoms with E-state index >= 15 is 0 Å². The van der Waals surface area contributed by atoms with Crippen molar-refractivity contribution in [3.8, 4) is 16.9 Å². The van der Waals surface area contributed by atoms with Gasteiger partial charge in [0.1, 0.15) is 5.75 Å². The molecule has 1 N–H and O–H groups in total. The Hall–Kier alpha value is -3.28. The lowest BCUT2D eigenvalue weighted by Crippen LogP contribution is -2.27. The number of carbonyl (C=O) groups is 1. The van der Waals surface area contributed by atoms with Crippen LogP contribution in [-0.4, -0.2) is 18.0 Å². The summed E-state index contributed by atoms with van der Waals surface area (Å²) in [5.41, 5.74) is 2.66. The first-order valence-corrected chi connectivity index (χ1v) is 8.34. The molecule has 0 fully saturated rings. The number of amides is 1. The molecule has 1 heterocycles. The minimum Gasteiger partial charge on any atom is -0.496 e. The number of rotatable bonds is 5. The first kappa shape index (κ1) is 18.5. The summed E-state index contributed by atoms with van der Waals surface area (Å²) in [6.07, 6.45) is 3.37. The highest BCUT2D eigenvalue weighted by molar-refractivity contribution is 5.97. The first-order valence-electron chi connectivity index (χ1n) is 8.34. The zero-order valence-corrected chi connectivity index (χ0v) is 14.9. The van der Waals surface area contributed by atoms with Crippen LogP contribution in [0.2, 0.25) is 0 Å². The Labute approximate surface area is 155 Å². The smallest absolute Gasteiger partial charge is 0.255 e. The van der Waals surface area contributed by atoms with E-state index in [1.54, 1.807) is 31.5 Å². The van der Waals surface area contributed by atoms with Crippen molar-refractivity contribution in [2.75, 3.05) is 7.11 Å². The van der Waals surface area contributed by atoms with Crippen molar-refractivity contribution in [2.45, 2.75) is 13.0 Å². The maximum absolute atomic E-state index is 13.4. The van der Waals surface area contributed by atoms with Crippen LogP contribution in [0.1, 0.15) is 28.9 Å². The van der Waals surface area contributed by atoms with Gasteiger partial charge < -0.3 is 10.1 Å². The summed E-state index contributed by atoms with van der Waals surface area (Å²) >= 11 is 0. The summed E-state index contributed by atoms with van der Waals surface area (Å²) < 4.78 is 31.9. The molecule has 0 unspecified atom stereocenters. The van der Waals surface area contributed by atoms with Gasteiger partial charge >= 0.3 is 0 Å². The van der Waals surface area contributed by atoms with E-state index < -0.39 is 17.7 Å². The van der Waals surface area contributed by atoms with Crippen LogP contribution in [-0.2, 0) is 0 Å². The molecular formula is C21H18F2N2O2. The molecule has 1 aromatic heterocycles. The number of ether oxygens (including phenoxy) is 1. The van der Waals surface area contributed by atoms with Crippen molar-refractivity contribution in [3.63, 3.8) is 0 Å². The second-order valence-electron chi connectivity index (χ2n) is 6.02. The number of aromatic nitrogens is 1. The minimum absolute atomic E-state index is 0.352. The second kappa shape index (κ2) is 7.95. The van der Waals surface area contributed by atoms with Crippen molar-refractivity contribution in [1.82, 2.24) is 10.3 Å². The molecule has 0 radical (unpaired) electrons. The summed E-state index contributed by atoms with van der Waals surface area (Å²) in [6, 6.07) is 12.0. The topological polar surface area (TPSA) is 51.2 Å². The molecule has 0 aliphatic rings. The van der Waals surface area contributed by atoms with E-state index in [2.05, 4.69) is 10.3 Å². The number of pyridine rings is 1. The molecule has 0 bridgehead atoms. The highest BCUT2D eigenvalue weighted by Gasteiger charge is 2.17.